The molecule has 1 heterocycles. The molecule has 0 aliphatic carbocycles. The van der Waals surface area contributed by atoms with Crippen LogP contribution in [-0.2, 0) is 17.5 Å². The number of alkyl halides is 3. The molecule has 94 valence electrons. The number of halogens is 3. The summed E-state index contributed by atoms with van der Waals surface area (Å²) in [5, 5.41) is 3.09. The Bertz CT molecular complexity index is 372. The molecule has 1 aromatic rings. The van der Waals surface area contributed by atoms with Crippen LogP contribution in [0.2, 0.25) is 0 Å². The molecule has 0 spiro atoms. The zero-order valence-corrected chi connectivity index (χ0v) is 9.26. The molecule has 0 bridgehead atoms. The van der Waals surface area contributed by atoms with Crippen LogP contribution >= 0.6 is 0 Å². The molecule has 2 rings (SSSR count). The summed E-state index contributed by atoms with van der Waals surface area (Å²) < 4.78 is 43.2. The van der Waals surface area contributed by atoms with E-state index in [2.05, 4.69) is 5.32 Å². The van der Waals surface area contributed by atoms with Crippen molar-refractivity contribution >= 4 is 0 Å². The van der Waals surface area contributed by atoms with Crippen molar-refractivity contribution in [2.45, 2.75) is 25.2 Å². The molecule has 17 heavy (non-hydrogen) atoms. The smallest absolute Gasteiger partial charge is 0.380 e. The van der Waals surface area contributed by atoms with Crippen molar-refractivity contribution in [2.75, 3.05) is 13.2 Å². The van der Waals surface area contributed by atoms with Gasteiger partial charge in [-0.15, -0.1) is 0 Å². The summed E-state index contributed by atoms with van der Waals surface area (Å²) in [7, 11) is 0. The van der Waals surface area contributed by atoms with Crippen molar-refractivity contribution < 1.29 is 17.9 Å². The third-order valence-electron chi connectivity index (χ3n) is 2.83. The highest BCUT2D eigenvalue weighted by Crippen LogP contribution is 2.31. The van der Waals surface area contributed by atoms with E-state index in [9.17, 15) is 13.2 Å². The van der Waals surface area contributed by atoms with E-state index < -0.39 is 11.7 Å². The summed E-state index contributed by atoms with van der Waals surface area (Å²) in [6.07, 6.45) is -3.43. The van der Waals surface area contributed by atoms with Crippen LogP contribution in [0.5, 0.6) is 0 Å². The Hall–Kier alpha value is -1.07. The van der Waals surface area contributed by atoms with Gasteiger partial charge in [0.1, 0.15) is 0 Å². The first-order valence-corrected chi connectivity index (χ1v) is 5.53. The molecule has 1 fully saturated rings. The zero-order chi connectivity index (χ0) is 12.3. The molecule has 2 nitrogen and oxygen atoms in total. The van der Waals surface area contributed by atoms with Crippen molar-refractivity contribution in [3.8, 4) is 0 Å². The highest BCUT2D eigenvalue weighted by Gasteiger charge is 2.32. The third-order valence-corrected chi connectivity index (χ3v) is 2.83. The monoisotopic (exact) mass is 245 g/mol. The number of hydrogen-bond acceptors (Lipinski definition) is 2. The molecule has 1 N–H and O–H groups in total. The second-order valence-corrected chi connectivity index (χ2v) is 4.10. The minimum absolute atomic E-state index is 0.163. The molecule has 1 aromatic carbocycles. The second kappa shape index (κ2) is 5.06. The predicted molar refractivity (Wildman–Crippen MR) is 57.5 cm³/mol. The molecule has 0 radical (unpaired) electrons. The molecule has 1 atom stereocenters. The first-order chi connectivity index (χ1) is 8.07. The normalized spacial score (nSPS) is 20.8. The summed E-state index contributed by atoms with van der Waals surface area (Å²) >= 11 is 0. The summed E-state index contributed by atoms with van der Waals surface area (Å²) in [4.78, 5) is 0. The van der Waals surface area contributed by atoms with Gasteiger partial charge < -0.3 is 10.1 Å². The van der Waals surface area contributed by atoms with E-state index in [0.29, 0.717) is 13.2 Å². The lowest BCUT2D eigenvalue weighted by molar-refractivity contribution is -0.138. The van der Waals surface area contributed by atoms with Gasteiger partial charge in [0, 0.05) is 19.2 Å². The molecule has 1 aliphatic rings. The average molecular weight is 245 g/mol. The van der Waals surface area contributed by atoms with Crippen molar-refractivity contribution in [2.24, 2.45) is 0 Å². The Balaban J connectivity index is 2.04. The van der Waals surface area contributed by atoms with Crippen LogP contribution in [0.4, 0.5) is 13.2 Å². The molecule has 0 aromatic heterocycles. The van der Waals surface area contributed by atoms with Gasteiger partial charge in [-0.25, -0.2) is 0 Å². The van der Waals surface area contributed by atoms with E-state index in [-0.39, 0.29) is 18.2 Å². The Labute approximate surface area is 97.8 Å². The van der Waals surface area contributed by atoms with E-state index >= 15 is 0 Å². The first kappa shape index (κ1) is 12.4. The topological polar surface area (TPSA) is 21.3 Å². The molecular formula is C12H14F3NO. The quantitative estimate of drug-likeness (QED) is 0.883. The summed E-state index contributed by atoms with van der Waals surface area (Å²) in [6.45, 7) is 1.48. The van der Waals surface area contributed by atoms with Crippen LogP contribution < -0.4 is 5.32 Å². The van der Waals surface area contributed by atoms with Crippen LogP contribution in [0.15, 0.2) is 24.3 Å². The Kier molecular flexibility index (Phi) is 3.69. The molecule has 0 amide bonds. The van der Waals surface area contributed by atoms with E-state index in [1.165, 1.54) is 12.1 Å². The average Bonchev–Trinajstić information content (AvgIpc) is 2.78. The van der Waals surface area contributed by atoms with Gasteiger partial charge in [-0.1, -0.05) is 18.2 Å². The van der Waals surface area contributed by atoms with Crippen LogP contribution in [-0.4, -0.2) is 19.3 Å². The van der Waals surface area contributed by atoms with E-state index in [1.54, 1.807) is 6.07 Å². The second-order valence-electron chi connectivity index (χ2n) is 4.10. The fraction of sp³-hybridized carbons (Fsp3) is 0.500. The van der Waals surface area contributed by atoms with Crippen molar-refractivity contribution in [3.63, 3.8) is 0 Å². The molecule has 1 saturated heterocycles. The van der Waals surface area contributed by atoms with E-state index in [1.807, 2.05) is 0 Å². The Morgan fingerprint density at radius 2 is 2.06 bits per heavy atom. The van der Waals surface area contributed by atoms with Crippen LogP contribution in [0, 0.1) is 0 Å². The minimum Gasteiger partial charge on any atom is -0.380 e. The fourth-order valence-corrected chi connectivity index (χ4v) is 1.90. The molecule has 1 aliphatic heterocycles. The SMILES string of the molecule is FC(F)(F)c1ccccc1CNC1CCOC1. The number of hydrogen-bond donors (Lipinski definition) is 1. The van der Waals surface area contributed by atoms with Gasteiger partial charge in [0.15, 0.2) is 0 Å². The number of benzene rings is 1. The van der Waals surface area contributed by atoms with Gasteiger partial charge in [0.05, 0.1) is 12.2 Å². The molecule has 0 saturated carbocycles. The van der Waals surface area contributed by atoms with Gasteiger partial charge in [-0.05, 0) is 18.1 Å². The summed E-state index contributed by atoms with van der Waals surface area (Å²) in [5.74, 6) is 0. The maximum atomic E-state index is 12.7. The standard InChI is InChI=1S/C12H14F3NO/c13-12(14,15)11-4-2-1-3-9(11)7-16-10-5-6-17-8-10/h1-4,10,16H,5-8H2. The summed E-state index contributed by atoms with van der Waals surface area (Å²) in [5.41, 5.74) is -0.279. The zero-order valence-electron chi connectivity index (χ0n) is 9.26. The van der Waals surface area contributed by atoms with Crippen LogP contribution in [0.3, 0.4) is 0 Å². The Morgan fingerprint density at radius 1 is 1.29 bits per heavy atom. The van der Waals surface area contributed by atoms with Gasteiger partial charge in [-0.3, -0.25) is 0 Å². The third kappa shape index (κ3) is 3.20. The van der Waals surface area contributed by atoms with Gasteiger partial charge >= 0.3 is 6.18 Å². The van der Waals surface area contributed by atoms with Crippen LogP contribution in [0.25, 0.3) is 0 Å². The predicted octanol–water partition coefficient (Wildman–Crippen LogP) is 2.58. The van der Waals surface area contributed by atoms with Gasteiger partial charge in [0.25, 0.3) is 0 Å². The first-order valence-electron chi connectivity index (χ1n) is 5.53. The number of ether oxygens (including phenoxy) is 1. The lowest BCUT2D eigenvalue weighted by Gasteiger charge is -2.15. The van der Waals surface area contributed by atoms with E-state index in [4.69, 9.17) is 4.74 Å². The number of nitrogens with one attached hydrogen (secondary N) is 1. The maximum Gasteiger partial charge on any atom is 0.416 e. The highest BCUT2D eigenvalue weighted by molar-refractivity contribution is 5.29. The van der Waals surface area contributed by atoms with Crippen molar-refractivity contribution in [1.82, 2.24) is 5.32 Å². The maximum absolute atomic E-state index is 12.7. The van der Waals surface area contributed by atoms with Gasteiger partial charge in [-0.2, -0.15) is 13.2 Å². The lowest BCUT2D eigenvalue weighted by Crippen LogP contribution is -2.29. The lowest BCUT2D eigenvalue weighted by atomic mass is 10.1. The van der Waals surface area contributed by atoms with Crippen LogP contribution in [0.1, 0.15) is 17.5 Å². The van der Waals surface area contributed by atoms with Gasteiger partial charge in [0.2, 0.25) is 0 Å². The summed E-state index contributed by atoms with van der Waals surface area (Å²) in [6, 6.07) is 5.81. The highest BCUT2D eigenvalue weighted by atomic mass is 19.4. The molecule has 1 unspecified atom stereocenters. The largest absolute Gasteiger partial charge is 0.416 e. The van der Waals surface area contributed by atoms with Crippen molar-refractivity contribution in [1.29, 1.82) is 0 Å². The molecule has 5 heteroatoms. The fourth-order valence-electron chi connectivity index (χ4n) is 1.90. The Morgan fingerprint density at radius 3 is 2.71 bits per heavy atom. The van der Waals surface area contributed by atoms with Crippen molar-refractivity contribution in [3.05, 3.63) is 35.4 Å². The number of rotatable bonds is 3. The molecular weight excluding hydrogens is 231 g/mol. The minimum atomic E-state index is -4.29. The van der Waals surface area contributed by atoms with E-state index in [0.717, 1.165) is 12.5 Å².